The largest absolute Gasteiger partial charge is 0.316 e. The van der Waals surface area contributed by atoms with E-state index in [2.05, 4.69) is 26.1 Å². The van der Waals surface area contributed by atoms with E-state index in [9.17, 15) is 0 Å². The second-order valence-electron chi connectivity index (χ2n) is 6.71. The Labute approximate surface area is 115 Å². The Morgan fingerprint density at radius 2 is 1.72 bits per heavy atom. The maximum absolute atomic E-state index is 3.70. The van der Waals surface area contributed by atoms with Crippen LogP contribution in [0.1, 0.15) is 78.6 Å². The van der Waals surface area contributed by atoms with Gasteiger partial charge in [-0.15, -0.1) is 0 Å². The maximum atomic E-state index is 3.70. The Bertz CT molecular complexity index is 188. The molecule has 1 nitrogen and oxygen atoms in total. The molecule has 0 radical (unpaired) electrons. The molecule has 18 heavy (non-hydrogen) atoms. The summed E-state index contributed by atoms with van der Waals surface area (Å²) in [6.07, 6.45) is 13.1. The van der Waals surface area contributed by atoms with Crippen LogP contribution in [-0.2, 0) is 0 Å². The highest BCUT2D eigenvalue weighted by molar-refractivity contribution is 4.76. The fourth-order valence-electron chi connectivity index (χ4n) is 3.32. The molecule has 2 unspecified atom stereocenters. The van der Waals surface area contributed by atoms with Gasteiger partial charge in [0.2, 0.25) is 0 Å². The van der Waals surface area contributed by atoms with Crippen LogP contribution in [0, 0.1) is 17.8 Å². The van der Waals surface area contributed by atoms with Gasteiger partial charge in [0.1, 0.15) is 0 Å². The first-order valence-corrected chi connectivity index (χ1v) is 8.44. The fourth-order valence-corrected chi connectivity index (χ4v) is 3.32. The average molecular weight is 253 g/mol. The van der Waals surface area contributed by atoms with E-state index >= 15 is 0 Å². The van der Waals surface area contributed by atoms with Gasteiger partial charge in [-0.1, -0.05) is 72.1 Å². The first-order valence-electron chi connectivity index (χ1n) is 8.44. The fraction of sp³-hybridized carbons (Fsp3) is 1.00. The zero-order chi connectivity index (χ0) is 13.2. The lowest BCUT2D eigenvalue weighted by molar-refractivity contribution is 0.273. The Morgan fingerprint density at radius 3 is 2.39 bits per heavy atom. The highest BCUT2D eigenvalue weighted by Gasteiger charge is 2.22. The van der Waals surface area contributed by atoms with Crippen LogP contribution < -0.4 is 5.32 Å². The molecular formula is C17H35N. The molecule has 108 valence electrons. The van der Waals surface area contributed by atoms with E-state index in [1.54, 1.807) is 0 Å². The van der Waals surface area contributed by atoms with E-state index in [-0.39, 0.29) is 0 Å². The lowest BCUT2D eigenvalue weighted by Crippen LogP contribution is -2.30. The summed E-state index contributed by atoms with van der Waals surface area (Å²) in [4.78, 5) is 0. The predicted molar refractivity (Wildman–Crippen MR) is 81.9 cm³/mol. The molecule has 0 aromatic heterocycles. The summed E-state index contributed by atoms with van der Waals surface area (Å²) < 4.78 is 0. The Kier molecular flexibility index (Phi) is 8.75. The highest BCUT2D eigenvalue weighted by atomic mass is 14.9. The first-order chi connectivity index (χ1) is 8.74. The van der Waals surface area contributed by atoms with Gasteiger partial charge in [-0.25, -0.2) is 0 Å². The molecule has 0 aromatic rings. The first kappa shape index (κ1) is 16.0. The molecule has 1 rings (SSSR count). The quantitative estimate of drug-likeness (QED) is 0.473. The zero-order valence-corrected chi connectivity index (χ0v) is 13.0. The minimum absolute atomic E-state index is 0.786. The molecule has 1 fully saturated rings. The molecule has 0 spiro atoms. The number of rotatable bonds is 8. The van der Waals surface area contributed by atoms with E-state index in [1.165, 1.54) is 70.9 Å². The van der Waals surface area contributed by atoms with Crippen LogP contribution in [0.5, 0.6) is 0 Å². The van der Waals surface area contributed by atoms with Gasteiger partial charge in [-0.05, 0) is 37.3 Å². The van der Waals surface area contributed by atoms with Gasteiger partial charge in [0.05, 0.1) is 0 Å². The third-order valence-electron chi connectivity index (χ3n) is 4.45. The Hall–Kier alpha value is -0.0400. The molecule has 2 atom stereocenters. The molecular weight excluding hydrogens is 218 g/mol. The van der Waals surface area contributed by atoms with E-state index in [4.69, 9.17) is 0 Å². The van der Waals surface area contributed by atoms with Crippen molar-refractivity contribution in [1.82, 2.24) is 5.32 Å². The summed E-state index contributed by atoms with van der Waals surface area (Å²) in [6, 6.07) is 0. The molecule has 0 bridgehead atoms. The molecule has 0 aromatic carbocycles. The van der Waals surface area contributed by atoms with Crippen LogP contribution in [0.4, 0.5) is 0 Å². The minimum atomic E-state index is 0.786. The van der Waals surface area contributed by atoms with Crippen LogP contribution in [0.15, 0.2) is 0 Å². The Balaban J connectivity index is 2.31. The summed E-state index contributed by atoms with van der Waals surface area (Å²) in [5.41, 5.74) is 0. The third kappa shape index (κ3) is 6.78. The molecule has 1 aliphatic rings. The van der Waals surface area contributed by atoms with E-state index in [1.807, 2.05) is 0 Å². The van der Waals surface area contributed by atoms with E-state index < -0.39 is 0 Å². The summed E-state index contributed by atoms with van der Waals surface area (Å²) in [5.74, 6) is 2.76. The molecule has 0 aliphatic heterocycles. The highest BCUT2D eigenvalue weighted by Crippen LogP contribution is 2.32. The number of hydrogen-bond donors (Lipinski definition) is 1. The van der Waals surface area contributed by atoms with Gasteiger partial charge in [-0.2, -0.15) is 0 Å². The third-order valence-corrected chi connectivity index (χ3v) is 4.45. The van der Waals surface area contributed by atoms with E-state index in [0.717, 1.165) is 17.8 Å². The number of unbranched alkanes of at least 4 members (excludes halogenated alkanes) is 2. The minimum Gasteiger partial charge on any atom is -0.316 e. The lowest BCUT2D eigenvalue weighted by Gasteiger charge is -2.26. The van der Waals surface area contributed by atoms with Gasteiger partial charge < -0.3 is 5.32 Å². The van der Waals surface area contributed by atoms with Crippen LogP contribution in [0.3, 0.4) is 0 Å². The monoisotopic (exact) mass is 253 g/mol. The number of hydrogen-bond acceptors (Lipinski definition) is 1. The summed E-state index contributed by atoms with van der Waals surface area (Å²) in [6.45, 7) is 9.39. The topological polar surface area (TPSA) is 12.0 Å². The number of nitrogens with one attached hydrogen (secondary N) is 1. The molecule has 0 heterocycles. The van der Waals surface area contributed by atoms with Gasteiger partial charge in [0.25, 0.3) is 0 Å². The average Bonchev–Trinajstić information content (AvgIpc) is 2.55. The van der Waals surface area contributed by atoms with Crippen molar-refractivity contribution < 1.29 is 0 Å². The van der Waals surface area contributed by atoms with Crippen molar-refractivity contribution in [3.05, 3.63) is 0 Å². The molecule has 0 saturated heterocycles. The summed E-state index contributed by atoms with van der Waals surface area (Å²) in [7, 11) is 0. The molecule has 1 aliphatic carbocycles. The smallest absolute Gasteiger partial charge is 0.00178 e. The predicted octanol–water partition coefficient (Wildman–Crippen LogP) is 5.01. The van der Waals surface area contributed by atoms with Gasteiger partial charge in [0.15, 0.2) is 0 Å². The van der Waals surface area contributed by atoms with Gasteiger partial charge >= 0.3 is 0 Å². The normalized spacial score (nSPS) is 25.3. The second kappa shape index (κ2) is 9.83. The van der Waals surface area contributed by atoms with Gasteiger partial charge in [-0.3, -0.25) is 0 Å². The van der Waals surface area contributed by atoms with Crippen LogP contribution in [0.2, 0.25) is 0 Å². The van der Waals surface area contributed by atoms with Gasteiger partial charge in [0, 0.05) is 0 Å². The summed E-state index contributed by atoms with van der Waals surface area (Å²) in [5, 5.41) is 3.70. The van der Waals surface area contributed by atoms with E-state index in [0.29, 0.717) is 0 Å². The van der Waals surface area contributed by atoms with Crippen molar-refractivity contribution in [3.8, 4) is 0 Å². The van der Waals surface area contributed by atoms with Crippen molar-refractivity contribution in [2.75, 3.05) is 13.1 Å². The van der Waals surface area contributed by atoms with Crippen molar-refractivity contribution >= 4 is 0 Å². The van der Waals surface area contributed by atoms with Crippen molar-refractivity contribution in [3.63, 3.8) is 0 Å². The molecule has 1 saturated carbocycles. The SMILES string of the molecule is CCCCCC1CCCCCC1CNCC(C)C. The second-order valence-corrected chi connectivity index (χ2v) is 6.71. The van der Waals surface area contributed by atoms with Crippen molar-refractivity contribution in [2.45, 2.75) is 78.6 Å². The molecule has 0 amide bonds. The van der Waals surface area contributed by atoms with Crippen molar-refractivity contribution in [2.24, 2.45) is 17.8 Å². The Morgan fingerprint density at radius 1 is 1.00 bits per heavy atom. The molecule has 1 heteroatoms. The maximum Gasteiger partial charge on any atom is -0.00178 e. The zero-order valence-electron chi connectivity index (χ0n) is 13.0. The lowest BCUT2D eigenvalue weighted by atomic mass is 9.84. The van der Waals surface area contributed by atoms with Crippen molar-refractivity contribution in [1.29, 1.82) is 0 Å². The summed E-state index contributed by atoms with van der Waals surface area (Å²) >= 11 is 0. The molecule has 1 N–H and O–H groups in total. The van der Waals surface area contributed by atoms with Crippen LogP contribution in [0.25, 0.3) is 0 Å². The van der Waals surface area contributed by atoms with Crippen LogP contribution in [-0.4, -0.2) is 13.1 Å². The van der Waals surface area contributed by atoms with Crippen LogP contribution >= 0.6 is 0 Å². The standard InChI is InChI=1S/C17H35N/c1-4-5-7-10-16-11-8-6-9-12-17(16)14-18-13-15(2)3/h15-18H,4-14H2,1-3H3.